The molecule has 0 bridgehead atoms. The van der Waals surface area contributed by atoms with Crippen molar-refractivity contribution in [2.75, 3.05) is 7.11 Å². The van der Waals surface area contributed by atoms with Crippen molar-refractivity contribution in [1.29, 1.82) is 0 Å². The van der Waals surface area contributed by atoms with Crippen molar-refractivity contribution in [1.82, 2.24) is 4.98 Å². The van der Waals surface area contributed by atoms with E-state index in [1.807, 2.05) is 24.3 Å². The number of aliphatic hydroxyl groups excluding tert-OH is 2. The normalized spacial score (nSPS) is 13.5. The summed E-state index contributed by atoms with van der Waals surface area (Å²) in [6, 6.07) is 10.3. The van der Waals surface area contributed by atoms with Gasteiger partial charge in [0, 0.05) is 40.5 Å². The van der Waals surface area contributed by atoms with E-state index < -0.39 is 30.4 Å². The highest BCUT2D eigenvalue weighted by Crippen LogP contribution is 2.36. The Bertz CT molecular complexity index is 1160. The number of hydrogen-bond donors (Lipinski definition) is 3. The molecule has 2 aromatic carbocycles. The van der Waals surface area contributed by atoms with Gasteiger partial charge in [0.2, 0.25) is 0 Å². The zero-order chi connectivity index (χ0) is 23.3. The standard InChI is InChI=1S/C23H21ClFNO5S/c1-31-32-17-4-2-3-13(7-17)23-14(5-6-15(27)8-16(28)9-22(29)30)12-26-21-11-19(24)20(25)10-18(21)23/h2-7,10-12,15-16,27-28H,8-9H2,1H3,(H,29,30)/b6-5+/t15-,16-/m1/s1. The summed E-state index contributed by atoms with van der Waals surface area (Å²) in [6.07, 6.45) is 1.78. The molecule has 0 saturated heterocycles. The highest BCUT2D eigenvalue weighted by molar-refractivity contribution is 7.94. The number of nitrogens with zero attached hydrogens (tertiary/aromatic N) is 1. The summed E-state index contributed by atoms with van der Waals surface area (Å²) in [5.41, 5.74) is 2.57. The van der Waals surface area contributed by atoms with Gasteiger partial charge in [-0.25, -0.2) is 4.39 Å². The first-order valence-electron chi connectivity index (χ1n) is 9.63. The van der Waals surface area contributed by atoms with Gasteiger partial charge in [-0.15, -0.1) is 0 Å². The van der Waals surface area contributed by atoms with Crippen molar-refractivity contribution in [3.8, 4) is 11.1 Å². The number of carboxylic acid groups (broad SMARTS) is 1. The van der Waals surface area contributed by atoms with Crippen LogP contribution in [0.2, 0.25) is 5.02 Å². The van der Waals surface area contributed by atoms with Gasteiger partial charge in [0.25, 0.3) is 0 Å². The van der Waals surface area contributed by atoms with Crippen molar-refractivity contribution in [2.45, 2.75) is 29.9 Å². The Labute approximate surface area is 193 Å². The number of aliphatic hydroxyl groups is 2. The minimum atomic E-state index is -1.18. The molecular formula is C23H21ClFNO5S. The molecule has 9 heteroatoms. The summed E-state index contributed by atoms with van der Waals surface area (Å²) in [4.78, 5) is 15.9. The maximum atomic E-state index is 14.3. The molecule has 0 radical (unpaired) electrons. The SMILES string of the molecule is COSc1cccc(-c2c(/C=C/[C@@H](O)C[C@@H](O)CC(=O)O)cnc3cc(Cl)c(F)cc23)c1. The molecule has 2 atom stereocenters. The van der Waals surface area contributed by atoms with Crippen molar-refractivity contribution in [3.63, 3.8) is 0 Å². The van der Waals surface area contributed by atoms with Crippen molar-refractivity contribution in [3.05, 3.63) is 65.1 Å². The molecule has 32 heavy (non-hydrogen) atoms. The lowest BCUT2D eigenvalue weighted by Gasteiger charge is -2.14. The van der Waals surface area contributed by atoms with Crippen LogP contribution in [0.25, 0.3) is 28.1 Å². The molecule has 0 fully saturated rings. The highest BCUT2D eigenvalue weighted by atomic mass is 35.5. The number of carbonyl (C=O) groups is 1. The Morgan fingerprint density at radius 1 is 1.31 bits per heavy atom. The molecule has 0 aliphatic rings. The average molecular weight is 478 g/mol. The fourth-order valence-electron chi connectivity index (χ4n) is 3.31. The lowest BCUT2D eigenvalue weighted by atomic mass is 9.95. The number of hydrogen-bond acceptors (Lipinski definition) is 6. The van der Waals surface area contributed by atoms with Gasteiger partial charge in [-0.2, -0.15) is 0 Å². The monoisotopic (exact) mass is 477 g/mol. The largest absolute Gasteiger partial charge is 0.481 e. The third kappa shape index (κ3) is 6.05. The Morgan fingerprint density at radius 3 is 2.81 bits per heavy atom. The van der Waals surface area contributed by atoms with E-state index >= 15 is 0 Å². The molecule has 0 unspecified atom stereocenters. The Balaban J connectivity index is 2.06. The Kier molecular flexibility index (Phi) is 8.22. The predicted molar refractivity (Wildman–Crippen MR) is 123 cm³/mol. The van der Waals surface area contributed by atoms with Crippen LogP contribution in [-0.2, 0) is 8.98 Å². The number of fused-ring (bicyclic) bond motifs is 1. The Hall–Kier alpha value is -2.49. The van der Waals surface area contributed by atoms with Gasteiger partial charge in [0.15, 0.2) is 0 Å². The Morgan fingerprint density at radius 2 is 2.09 bits per heavy atom. The quantitative estimate of drug-likeness (QED) is 0.375. The molecule has 0 aliphatic heterocycles. The second-order valence-corrected chi connectivity index (χ2v) is 8.44. The lowest BCUT2D eigenvalue weighted by molar-refractivity contribution is -0.139. The number of aliphatic carboxylic acids is 1. The number of halogens is 2. The topological polar surface area (TPSA) is 99.9 Å². The number of carboxylic acids is 1. The van der Waals surface area contributed by atoms with Gasteiger partial charge in [-0.1, -0.05) is 35.9 Å². The van der Waals surface area contributed by atoms with E-state index in [0.717, 1.165) is 10.5 Å². The fraction of sp³-hybridized carbons (Fsp3) is 0.217. The summed E-state index contributed by atoms with van der Waals surface area (Å²) in [5.74, 6) is -1.73. The van der Waals surface area contributed by atoms with Crippen molar-refractivity contribution in [2.24, 2.45) is 0 Å². The summed E-state index contributed by atoms with van der Waals surface area (Å²) in [5, 5.41) is 29.2. The summed E-state index contributed by atoms with van der Waals surface area (Å²) < 4.78 is 19.4. The first kappa shape index (κ1) is 24.2. The minimum absolute atomic E-state index is 0.0363. The predicted octanol–water partition coefficient (Wildman–Crippen LogP) is 4.95. The van der Waals surface area contributed by atoms with E-state index in [-0.39, 0.29) is 11.4 Å². The highest BCUT2D eigenvalue weighted by Gasteiger charge is 2.16. The van der Waals surface area contributed by atoms with Crippen LogP contribution >= 0.6 is 23.6 Å². The molecule has 0 amide bonds. The lowest BCUT2D eigenvalue weighted by Crippen LogP contribution is -2.19. The van der Waals surface area contributed by atoms with Crippen LogP contribution in [0.15, 0.2) is 53.6 Å². The maximum Gasteiger partial charge on any atom is 0.305 e. The van der Waals surface area contributed by atoms with Crippen molar-refractivity contribution >= 4 is 46.6 Å². The molecule has 1 heterocycles. The summed E-state index contributed by atoms with van der Waals surface area (Å²) >= 11 is 7.12. The summed E-state index contributed by atoms with van der Waals surface area (Å²) in [6.45, 7) is 0. The van der Waals surface area contributed by atoms with E-state index in [1.165, 1.54) is 30.3 Å². The molecule has 1 aromatic heterocycles. The van der Waals surface area contributed by atoms with Gasteiger partial charge in [0.1, 0.15) is 5.82 Å². The van der Waals surface area contributed by atoms with Crippen LogP contribution in [0, 0.1) is 5.82 Å². The molecule has 3 aromatic rings. The van der Waals surface area contributed by atoms with E-state index in [9.17, 15) is 19.4 Å². The molecule has 3 rings (SSSR count). The van der Waals surface area contributed by atoms with Crippen LogP contribution in [0.3, 0.4) is 0 Å². The zero-order valence-corrected chi connectivity index (χ0v) is 18.6. The molecular weight excluding hydrogens is 457 g/mol. The first-order valence-corrected chi connectivity index (χ1v) is 10.8. The first-order chi connectivity index (χ1) is 15.3. The average Bonchev–Trinajstić information content (AvgIpc) is 2.72. The third-order valence-corrected chi connectivity index (χ3v) is 5.57. The number of aromatic nitrogens is 1. The van der Waals surface area contributed by atoms with Crippen LogP contribution < -0.4 is 0 Å². The molecule has 0 saturated carbocycles. The molecule has 0 spiro atoms. The van der Waals surface area contributed by atoms with Gasteiger partial charge >= 0.3 is 5.97 Å². The molecule has 168 valence electrons. The molecule has 0 aliphatic carbocycles. The van der Waals surface area contributed by atoms with Gasteiger partial charge in [-0.3, -0.25) is 9.78 Å². The molecule has 6 nitrogen and oxygen atoms in total. The van der Waals surface area contributed by atoms with E-state index in [2.05, 4.69) is 4.98 Å². The van der Waals surface area contributed by atoms with Gasteiger partial charge in [-0.05, 0) is 35.4 Å². The smallest absolute Gasteiger partial charge is 0.305 e. The molecule has 3 N–H and O–H groups in total. The van der Waals surface area contributed by atoms with E-state index in [1.54, 1.807) is 19.4 Å². The van der Waals surface area contributed by atoms with Crippen molar-refractivity contribution < 1.29 is 28.7 Å². The van der Waals surface area contributed by atoms with E-state index in [4.69, 9.17) is 20.9 Å². The minimum Gasteiger partial charge on any atom is -0.481 e. The van der Waals surface area contributed by atoms with Crippen LogP contribution in [0.5, 0.6) is 0 Å². The fourth-order valence-corrected chi connectivity index (χ4v) is 3.97. The summed E-state index contributed by atoms with van der Waals surface area (Å²) in [7, 11) is 1.56. The maximum absolute atomic E-state index is 14.3. The number of pyridine rings is 1. The zero-order valence-electron chi connectivity index (χ0n) is 17.0. The van der Waals surface area contributed by atoms with Crippen LogP contribution in [-0.4, -0.2) is 45.6 Å². The van der Waals surface area contributed by atoms with Gasteiger partial charge in [0.05, 0.1) is 36.3 Å². The van der Waals surface area contributed by atoms with Crippen LogP contribution in [0.1, 0.15) is 18.4 Å². The number of benzene rings is 2. The second-order valence-electron chi connectivity index (χ2n) is 7.06. The second kappa shape index (κ2) is 10.9. The van der Waals surface area contributed by atoms with Crippen LogP contribution in [0.4, 0.5) is 4.39 Å². The number of rotatable bonds is 9. The van der Waals surface area contributed by atoms with Gasteiger partial charge < -0.3 is 19.5 Å². The van der Waals surface area contributed by atoms with E-state index in [0.29, 0.717) is 22.0 Å². The third-order valence-electron chi connectivity index (χ3n) is 4.66.